The molecule has 1 aliphatic heterocycles. The summed E-state index contributed by atoms with van der Waals surface area (Å²) in [5.41, 5.74) is 3.21. The zero-order chi connectivity index (χ0) is 20.2. The van der Waals surface area contributed by atoms with Crippen LogP contribution in [0.15, 0.2) is 48.5 Å². The second kappa shape index (κ2) is 8.05. The predicted molar refractivity (Wildman–Crippen MR) is 112 cm³/mol. The summed E-state index contributed by atoms with van der Waals surface area (Å²) < 4.78 is 11.2. The van der Waals surface area contributed by atoms with Crippen LogP contribution >= 0.6 is 0 Å². The minimum absolute atomic E-state index is 0.109. The van der Waals surface area contributed by atoms with E-state index in [-0.39, 0.29) is 5.91 Å². The average Bonchev–Trinajstić information content (AvgIpc) is 2.68. The van der Waals surface area contributed by atoms with Crippen molar-refractivity contribution in [3.63, 3.8) is 0 Å². The van der Waals surface area contributed by atoms with Crippen molar-refractivity contribution in [1.82, 2.24) is 9.97 Å². The molecule has 2 heterocycles. The lowest BCUT2D eigenvalue weighted by Gasteiger charge is -2.19. The van der Waals surface area contributed by atoms with Gasteiger partial charge in [-0.1, -0.05) is 0 Å². The molecular formula is C21H21N5O3. The van der Waals surface area contributed by atoms with E-state index in [2.05, 4.69) is 25.9 Å². The van der Waals surface area contributed by atoms with Gasteiger partial charge in [-0.3, -0.25) is 4.79 Å². The molecule has 0 spiro atoms. The van der Waals surface area contributed by atoms with E-state index in [1.54, 1.807) is 0 Å². The summed E-state index contributed by atoms with van der Waals surface area (Å²) >= 11 is 0. The number of benzene rings is 2. The van der Waals surface area contributed by atoms with Crippen LogP contribution in [0.1, 0.15) is 12.6 Å². The average molecular weight is 391 g/mol. The highest BCUT2D eigenvalue weighted by Gasteiger charge is 2.12. The fourth-order valence-corrected chi connectivity index (χ4v) is 2.93. The molecule has 0 atom stereocenters. The van der Waals surface area contributed by atoms with Gasteiger partial charge in [0.1, 0.15) is 19.0 Å². The first-order chi connectivity index (χ1) is 14.0. The highest BCUT2D eigenvalue weighted by atomic mass is 16.6. The molecule has 1 aromatic heterocycles. The Morgan fingerprint density at radius 1 is 0.862 bits per heavy atom. The number of anilines is 5. The maximum Gasteiger partial charge on any atom is 0.229 e. The molecule has 0 saturated heterocycles. The van der Waals surface area contributed by atoms with Gasteiger partial charge >= 0.3 is 0 Å². The van der Waals surface area contributed by atoms with Crippen LogP contribution in [0.5, 0.6) is 11.5 Å². The number of carbonyl (C=O) groups excluding carboxylic acids is 1. The number of nitrogens with zero attached hydrogens (tertiary/aromatic N) is 2. The summed E-state index contributed by atoms with van der Waals surface area (Å²) in [5, 5.41) is 9.20. The van der Waals surface area contributed by atoms with Gasteiger partial charge < -0.3 is 25.4 Å². The van der Waals surface area contributed by atoms with Crippen LogP contribution in [-0.2, 0) is 4.79 Å². The predicted octanol–water partition coefficient (Wildman–Crippen LogP) is 4.00. The van der Waals surface area contributed by atoms with Crippen molar-refractivity contribution in [3.05, 3.63) is 54.2 Å². The molecule has 3 aromatic rings. The molecule has 0 fully saturated rings. The number of ether oxygens (including phenoxy) is 2. The standard InChI is InChI=1S/C21H21N5O3/c1-13-11-20(24-17-7-8-18-19(12-17)29-10-9-28-18)26-21(22-13)25-16-5-3-15(4-6-16)23-14(2)27/h3-8,11-12H,9-10H2,1-2H3,(H,23,27)(H2,22,24,25,26). The lowest BCUT2D eigenvalue weighted by atomic mass is 10.2. The molecule has 1 aliphatic rings. The maximum atomic E-state index is 11.1. The normalized spacial score (nSPS) is 12.2. The Balaban J connectivity index is 1.49. The summed E-state index contributed by atoms with van der Waals surface area (Å²) in [6.07, 6.45) is 0. The van der Waals surface area contributed by atoms with Crippen LogP contribution in [0.3, 0.4) is 0 Å². The van der Waals surface area contributed by atoms with Gasteiger partial charge in [0.05, 0.1) is 0 Å². The molecule has 0 saturated carbocycles. The molecule has 4 rings (SSSR count). The Hall–Kier alpha value is -3.81. The van der Waals surface area contributed by atoms with E-state index in [1.165, 1.54) is 6.92 Å². The van der Waals surface area contributed by atoms with Crippen molar-refractivity contribution in [2.75, 3.05) is 29.2 Å². The van der Waals surface area contributed by atoms with Gasteiger partial charge in [0.25, 0.3) is 0 Å². The molecule has 29 heavy (non-hydrogen) atoms. The minimum Gasteiger partial charge on any atom is -0.486 e. The van der Waals surface area contributed by atoms with Crippen LogP contribution in [0.2, 0.25) is 0 Å². The number of nitrogens with one attached hydrogen (secondary N) is 3. The van der Waals surface area contributed by atoms with Gasteiger partial charge in [-0.05, 0) is 43.3 Å². The number of amides is 1. The molecule has 1 amide bonds. The fraction of sp³-hybridized carbons (Fsp3) is 0.190. The Morgan fingerprint density at radius 3 is 2.31 bits per heavy atom. The van der Waals surface area contributed by atoms with E-state index in [1.807, 2.05) is 55.5 Å². The van der Waals surface area contributed by atoms with Crippen molar-refractivity contribution in [2.45, 2.75) is 13.8 Å². The zero-order valence-electron chi connectivity index (χ0n) is 16.2. The van der Waals surface area contributed by atoms with E-state index < -0.39 is 0 Å². The Kier molecular flexibility index (Phi) is 5.15. The van der Waals surface area contributed by atoms with Crippen LogP contribution in [0.25, 0.3) is 0 Å². The summed E-state index contributed by atoms with van der Waals surface area (Å²) in [5.74, 6) is 2.47. The summed E-state index contributed by atoms with van der Waals surface area (Å²) in [6.45, 7) is 4.48. The second-order valence-corrected chi connectivity index (χ2v) is 6.59. The largest absolute Gasteiger partial charge is 0.486 e. The lowest BCUT2D eigenvalue weighted by Crippen LogP contribution is -2.15. The first-order valence-electron chi connectivity index (χ1n) is 9.22. The minimum atomic E-state index is -0.109. The third kappa shape index (κ3) is 4.73. The first-order valence-corrected chi connectivity index (χ1v) is 9.22. The van der Waals surface area contributed by atoms with Crippen molar-refractivity contribution >= 4 is 34.7 Å². The Labute approximate surface area is 168 Å². The van der Waals surface area contributed by atoms with Gasteiger partial charge in [-0.15, -0.1) is 0 Å². The highest BCUT2D eigenvalue weighted by Crippen LogP contribution is 2.33. The van der Waals surface area contributed by atoms with Crippen molar-refractivity contribution in [1.29, 1.82) is 0 Å². The van der Waals surface area contributed by atoms with E-state index >= 15 is 0 Å². The molecule has 8 nitrogen and oxygen atoms in total. The van der Waals surface area contributed by atoms with Crippen molar-refractivity contribution in [2.24, 2.45) is 0 Å². The topological polar surface area (TPSA) is 97.4 Å². The zero-order valence-corrected chi connectivity index (χ0v) is 16.2. The van der Waals surface area contributed by atoms with Crippen LogP contribution in [0, 0.1) is 6.92 Å². The van der Waals surface area contributed by atoms with Crippen LogP contribution in [0.4, 0.5) is 28.8 Å². The summed E-state index contributed by atoms with van der Waals surface area (Å²) in [4.78, 5) is 20.1. The lowest BCUT2D eigenvalue weighted by molar-refractivity contribution is -0.114. The fourth-order valence-electron chi connectivity index (χ4n) is 2.93. The van der Waals surface area contributed by atoms with Crippen molar-refractivity contribution in [3.8, 4) is 11.5 Å². The third-order valence-corrected chi connectivity index (χ3v) is 4.13. The van der Waals surface area contributed by atoms with Crippen LogP contribution < -0.4 is 25.4 Å². The molecule has 2 aromatic carbocycles. The van der Waals surface area contributed by atoms with Gasteiger partial charge in [0.2, 0.25) is 11.9 Å². The number of hydrogen-bond acceptors (Lipinski definition) is 7. The van der Waals surface area contributed by atoms with Gasteiger partial charge in [-0.25, -0.2) is 4.98 Å². The smallest absolute Gasteiger partial charge is 0.229 e. The number of carbonyl (C=O) groups is 1. The van der Waals surface area contributed by atoms with E-state index in [4.69, 9.17) is 9.47 Å². The van der Waals surface area contributed by atoms with Gasteiger partial charge in [0, 0.05) is 41.8 Å². The summed E-state index contributed by atoms with van der Waals surface area (Å²) in [6, 6.07) is 14.9. The highest BCUT2D eigenvalue weighted by molar-refractivity contribution is 5.88. The second-order valence-electron chi connectivity index (χ2n) is 6.59. The first kappa shape index (κ1) is 18.5. The molecule has 0 bridgehead atoms. The number of fused-ring (bicyclic) bond motifs is 1. The maximum absolute atomic E-state index is 11.1. The summed E-state index contributed by atoms with van der Waals surface area (Å²) in [7, 11) is 0. The van der Waals surface area contributed by atoms with E-state index in [9.17, 15) is 4.79 Å². The quantitative estimate of drug-likeness (QED) is 0.605. The van der Waals surface area contributed by atoms with Gasteiger partial charge in [-0.2, -0.15) is 4.98 Å². The van der Waals surface area contributed by atoms with Gasteiger partial charge in [0.15, 0.2) is 11.5 Å². The van der Waals surface area contributed by atoms with E-state index in [0.29, 0.717) is 30.7 Å². The molecule has 0 unspecified atom stereocenters. The van der Waals surface area contributed by atoms with Crippen molar-refractivity contribution < 1.29 is 14.3 Å². The molecular weight excluding hydrogens is 370 g/mol. The Morgan fingerprint density at radius 2 is 1.55 bits per heavy atom. The molecule has 148 valence electrons. The monoisotopic (exact) mass is 391 g/mol. The molecule has 3 N–H and O–H groups in total. The molecule has 8 heteroatoms. The Bertz CT molecular complexity index is 1040. The number of rotatable bonds is 5. The van der Waals surface area contributed by atoms with E-state index in [0.717, 1.165) is 28.5 Å². The molecule has 0 radical (unpaired) electrons. The number of hydrogen-bond donors (Lipinski definition) is 3. The molecule has 0 aliphatic carbocycles. The number of aryl methyl sites for hydroxylation is 1. The SMILES string of the molecule is CC(=O)Nc1ccc(Nc2nc(C)cc(Nc3ccc4c(c3)OCCO4)n2)cc1. The number of aromatic nitrogens is 2. The van der Waals surface area contributed by atoms with Crippen LogP contribution in [-0.4, -0.2) is 29.1 Å². The third-order valence-electron chi connectivity index (χ3n) is 4.13.